The molecule has 0 bridgehead atoms. The van der Waals surface area contributed by atoms with Gasteiger partial charge in [-0.2, -0.15) is 0 Å². The number of carbonyl (C=O) groups excluding carboxylic acids is 3. The zero-order valence-electron chi connectivity index (χ0n) is 17.4. The van der Waals surface area contributed by atoms with Crippen LogP contribution in [0, 0.1) is 0 Å². The summed E-state index contributed by atoms with van der Waals surface area (Å²) in [6.07, 6.45) is 0.158. The van der Waals surface area contributed by atoms with E-state index in [0.717, 1.165) is 5.69 Å². The van der Waals surface area contributed by atoms with Gasteiger partial charge in [-0.15, -0.1) is 0 Å². The average molecular weight is 396 g/mol. The third-order valence-electron chi connectivity index (χ3n) is 4.49. The summed E-state index contributed by atoms with van der Waals surface area (Å²) in [7, 11) is 0. The molecule has 154 valence electrons. The molecule has 0 saturated carbocycles. The second-order valence-electron chi connectivity index (χ2n) is 7.01. The minimum absolute atomic E-state index is 0.158. The molecule has 0 atom stereocenters. The predicted octanol–water partition coefficient (Wildman–Crippen LogP) is 4.37. The molecule has 1 N–H and O–H groups in total. The molecule has 0 aliphatic heterocycles. The van der Waals surface area contributed by atoms with E-state index in [4.69, 9.17) is 4.74 Å². The van der Waals surface area contributed by atoms with Crippen molar-refractivity contribution in [3.63, 3.8) is 0 Å². The molecule has 2 aromatic carbocycles. The molecule has 0 saturated heterocycles. The Labute approximate surface area is 171 Å². The Bertz CT molecular complexity index is 842. The lowest BCUT2D eigenvalue weighted by molar-refractivity contribution is -0.117. The van der Waals surface area contributed by atoms with Crippen molar-refractivity contribution in [1.29, 1.82) is 0 Å². The van der Waals surface area contributed by atoms with Crippen LogP contribution in [0.3, 0.4) is 0 Å². The molecular weight excluding hydrogens is 368 g/mol. The van der Waals surface area contributed by atoms with E-state index in [1.807, 2.05) is 24.3 Å². The molecular formula is C23H28N2O4. The highest BCUT2D eigenvalue weighted by atomic mass is 16.5. The first-order valence-corrected chi connectivity index (χ1v) is 9.77. The number of esters is 1. The summed E-state index contributed by atoms with van der Waals surface area (Å²) in [4.78, 5) is 37.6. The van der Waals surface area contributed by atoms with Gasteiger partial charge in [-0.3, -0.25) is 9.59 Å². The molecule has 6 heteroatoms. The van der Waals surface area contributed by atoms with Gasteiger partial charge in [0.25, 0.3) is 0 Å². The Kier molecular flexibility index (Phi) is 7.95. The zero-order chi connectivity index (χ0) is 21.4. The summed E-state index contributed by atoms with van der Waals surface area (Å²) in [5.74, 6) is -0.324. The highest BCUT2D eigenvalue weighted by molar-refractivity contribution is 5.95. The van der Waals surface area contributed by atoms with Crippen molar-refractivity contribution in [2.45, 2.75) is 40.0 Å². The molecule has 0 radical (unpaired) electrons. The molecule has 0 unspecified atom stereocenters. The van der Waals surface area contributed by atoms with E-state index < -0.39 is 5.97 Å². The fraction of sp³-hybridized carbons (Fsp3) is 0.348. The van der Waals surface area contributed by atoms with Crippen molar-refractivity contribution in [2.24, 2.45) is 0 Å². The van der Waals surface area contributed by atoms with Gasteiger partial charge in [-0.1, -0.05) is 26.0 Å². The monoisotopic (exact) mass is 396 g/mol. The first-order valence-electron chi connectivity index (χ1n) is 9.77. The highest BCUT2D eigenvalue weighted by Crippen LogP contribution is 2.19. The third-order valence-corrected chi connectivity index (χ3v) is 4.49. The van der Waals surface area contributed by atoms with Crippen molar-refractivity contribution in [1.82, 2.24) is 0 Å². The van der Waals surface area contributed by atoms with Crippen LogP contribution in [0.15, 0.2) is 48.5 Å². The van der Waals surface area contributed by atoms with Crippen LogP contribution in [0.1, 0.15) is 56.0 Å². The van der Waals surface area contributed by atoms with Gasteiger partial charge < -0.3 is 15.0 Å². The van der Waals surface area contributed by atoms with Crippen molar-refractivity contribution in [2.75, 3.05) is 23.4 Å². The van der Waals surface area contributed by atoms with Crippen LogP contribution in [0.4, 0.5) is 11.4 Å². The van der Waals surface area contributed by atoms with Crippen LogP contribution in [0.2, 0.25) is 0 Å². The molecule has 0 aromatic heterocycles. The number of amides is 2. The standard InChI is InChI=1S/C23H28N2O4/c1-5-29-23(28)19-8-12-21(13-9-19)25(17(4)26)15-14-22(27)24-20-10-6-18(7-11-20)16(2)3/h6-13,16H,5,14-15H2,1-4H3,(H,24,27). The summed E-state index contributed by atoms with van der Waals surface area (Å²) in [6.45, 7) is 7.96. The fourth-order valence-corrected chi connectivity index (χ4v) is 2.85. The average Bonchev–Trinajstić information content (AvgIpc) is 2.69. The maximum atomic E-state index is 12.3. The van der Waals surface area contributed by atoms with Crippen LogP contribution in [-0.2, 0) is 14.3 Å². The van der Waals surface area contributed by atoms with Crippen molar-refractivity contribution >= 4 is 29.2 Å². The van der Waals surface area contributed by atoms with E-state index >= 15 is 0 Å². The number of rotatable bonds is 8. The number of hydrogen-bond acceptors (Lipinski definition) is 4. The third kappa shape index (κ3) is 6.45. The topological polar surface area (TPSA) is 75.7 Å². The Morgan fingerprint density at radius 3 is 2.14 bits per heavy atom. The lowest BCUT2D eigenvalue weighted by Gasteiger charge is -2.21. The Balaban J connectivity index is 1.97. The number of hydrogen-bond donors (Lipinski definition) is 1. The normalized spacial score (nSPS) is 10.5. The summed E-state index contributed by atoms with van der Waals surface area (Å²) in [5.41, 5.74) is 2.98. The quantitative estimate of drug-likeness (QED) is 0.673. The van der Waals surface area contributed by atoms with Crippen LogP contribution in [0.5, 0.6) is 0 Å². The number of anilines is 2. The Morgan fingerprint density at radius 1 is 1.00 bits per heavy atom. The first-order chi connectivity index (χ1) is 13.8. The summed E-state index contributed by atoms with van der Waals surface area (Å²) in [6, 6.07) is 14.3. The molecule has 0 aliphatic carbocycles. The summed E-state index contributed by atoms with van der Waals surface area (Å²) >= 11 is 0. The molecule has 6 nitrogen and oxygen atoms in total. The second kappa shape index (κ2) is 10.4. The van der Waals surface area contributed by atoms with E-state index in [2.05, 4.69) is 19.2 Å². The smallest absolute Gasteiger partial charge is 0.338 e. The van der Waals surface area contributed by atoms with E-state index in [-0.39, 0.29) is 24.8 Å². The fourth-order valence-electron chi connectivity index (χ4n) is 2.85. The highest BCUT2D eigenvalue weighted by Gasteiger charge is 2.15. The van der Waals surface area contributed by atoms with Gasteiger partial charge in [0.1, 0.15) is 0 Å². The number of carbonyl (C=O) groups is 3. The minimum atomic E-state index is -0.406. The molecule has 2 aromatic rings. The van der Waals surface area contributed by atoms with Crippen molar-refractivity contribution in [3.8, 4) is 0 Å². The van der Waals surface area contributed by atoms with Crippen LogP contribution in [-0.4, -0.2) is 30.9 Å². The molecule has 29 heavy (non-hydrogen) atoms. The molecule has 2 amide bonds. The molecule has 0 spiro atoms. The van der Waals surface area contributed by atoms with Crippen molar-refractivity contribution in [3.05, 3.63) is 59.7 Å². The lowest BCUT2D eigenvalue weighted by Crippen LogP contribution is -2.32. The van der Waals surface area contributed by atoms with Gasteiger partial charge >= 0.3 is 5.97 Å². The Morgan fingerprint density at radius 2 is 1.62 bits per heavy atom. The molecule has 2 rings (SSSR count). The van der Waals surface area contributed by atoms with Crippen LogP contribution < -0.4 is 10.2 Å². The van der Waals surface area contributed by atoms with Gasteiger partial charge in [0.2, 0.25) is 11.8 Å². The lowest BCUT2D eigenvalue weighted by atomic mass is 10.0. The van der Waals surface area contributed by atoms with E-state index in [0.29, 0.717) is 23.8 Å². The minimum Gasteiger partial charge on any atom is -0.462 e. The second-order valence-corrected chi connectivity index (χ2v) is 7.01. The maximum Gasteiger partial charge on any atom is 0.338 e. The zero-order valence-corrected chi connectivity index (χ0v) is 17.4. The van der Waals surface area contributed by atoms with Crippen LogP contribution >= 0.6 is 0 Å². The van der Waals surface area contributed by atoms with E-state index in [1.165, 1.54) is 17.4 Å². The van der Waals surface area contributed by atoms with E-state index in [1.54, 1.807) is 31.2 Å². The largest absolute Gasteiger partial charge is 0.462 e. The molecule has 0 heterocycles. The SMILES string of the molecule is CCOC(=O)c1ccc(N(CCC(=O)Nc2ccc(C(C)C)cc2)C(C)=O)cc1. The van der Waals surface area contributed by atoms with Gasteiger partial charge in [0.15, 0.2) is 0 Å². The molecule has 0 fully saturated rings. The van der Waals surface area contributed by atoms with Gasteiger partial charge in [0.05, 0.1) is 12.2 Å². The van der Waals surface area contributed by atoms with E-state index in [9.17, 15) is 14.4 Å². The number of nitrogens with zero attached hydrogens (tertiary/aromatic N) is 1. The number of ether oxygens (including phenoxy) is 1. The summed E-state index contributed by atoms with van der Waals surface area (Å²) in [5, 5.41) is 2.85. The van der Waals surface area contributed by atoms with Gasteiger partial charge in [-0.05, 0) is 54.8 Å². The van der Waals surface area contributed by atoms with Crippen molar-refractivity contribution < 1.29 is 19.1 Å². The predicted molar refractivity (Wildman–Crippen MR) is 114 cm³/mol. The van der Waals surface area contributed by atoms with Gasteiger partial charge in [0, 0.05) is 31.3 Å². The van der Waals surface area contributed by atoms with Crippen LogP contribution in [0.25, 0.3) is 0 Å². The molecule has 0 aliphatic rings. The Hall–Kier alpha value is -3.15. The van der Waals surface area contributed by atoms with Gasteiger partial charge in [-0.25, -0.2) is 4.79 Å². The number of nitrogens with one attached hydrogen (secondary N) is 1. The summed E-state index contributed by atoms with van der Waals surface area (Å²) < 4.78 is 4.96. The first kappa shape index (κ1) is 22.1. The number of benzene rings is 2. The maximum absolute atomic E-state index is 12.3.